The number of benzene rings is 1. The first kappa shape index (κ1) is 25.3. The van der Waals surface area contributed by atoms with Gasteiger partial charge in [-0.1, -0.05) is 26.0 Å². The molecule has 4 N–H and O–H groups in total. The van der Waals surface area contributed by atoms with Gasteiger partial charge in [-0.15, -0.1) is 0 Å². The topological polar surface area (TPSA) is 143 Å². The molecule has 3 fully saturated rings. The lowest BCUT2D eigenvalue weighted by atomic mass is 9.85. The summed E-state index contributed by atoms with van der Waals surface area (Å²) in [7, 11) is 1.58. The molecule has 39 heavy (non-hydrogen) atoms. The molecule has 11 nitrogen and oxygen atoms in total. The fraction of sp³-hybridized carbons (Fsp3) is 0.429. The Morgan fingerprint density at radius 2 is 1.95 bits per heavy atom. The van der Waals surface area contributed by atoms with Crippen molar-refractivity contribution in [2.24, 2.45) is 17.1 Å². The molecule has 1 spiro atoms. The van der Waals surface area contributed by atoms with Gasteiger partial charge >= 0.3 is 0 Å². The smallest absolute Gasteiger partial charge is 0.252 e. The minimum absolute atomic E-state index is 0.0176. The number of pyridine rings is 1. The molecule has 3 heterocycles. The summed E-state index contributed by atoms with van der Waals surface area (Å²) in [6.07, 6.45) is 7.72. The quantitative estimate of drug-likeness (QED) is 0.397. The molecule has 1 aromatic carbocycles. The molecule has 0 bridgehead atoms. The maximum absolute atomic E-state index is 12.6. The van der Waals surface area contributed by atoms with Crippen molar-refractivity contribution < 1.29 is 23.8 Å². The maximum Gasteiger partial charge on any atom is 0.252 e. The van der Waals surface area contributed by atoms with Crippen molar-refractivity contribution in [3.05, 3.63) is 48.4 Å². The Balaban J connectivity index is 1.28. The normalized spacial score (nSPS) is 22.2. The van der Waals surface area contributed by atoms with Crippen LogP contribution in [0.1, 0.15) is 49.5 Å². The maximum atomic E-state index is 12.6. The van der Waals surface area contributed by atoms with Crippen LogP contribution in [0.3, 0.4) is 0 Å². The third-order valence-corrected chi connectivity index (χ3v) is 8.02. The second kappa shape index (κ2) is 9.35. The number of nitrogens with zero attached hydrogens (tertiary/aromatic N) is 3. The van der Waals surface area contributed by atoms with Gasteiger partial charge in [-0.25, -0.2) is 4.98 Å². The monoisotopic (exact) mass is 532 g/mol. The molecular weight excluding hydrogens is 500 g/mol. The van der Waals surface area contributed by atoms with Crippen LogP contribution in [0.25, 0.3) is 11.1 Å². The van der Waals surface area contributed by atoms with Crippen molar-refractivity contribution >= 4 is 29.0 Å². The minimum atomic E-state index is -0.645. The van der Waals surface area contributed by atoms with Crippen LogP contribution in [-0.4, -0.2) is 52.7 Å². The summed E-state index contributed by atoms with van der Waals surface area (Å²) in [6.45, 7) is 5.30. The number of aromatic nitrogens is 3. The number of amides is 2. The summed E-state index contributed by atoms with van der Waals surface area (Å²) in [6, 6.07) is 7.29. The predicted molar refractivity (Wildman–Crippen MR) is 144 cm³/mol. The number of carbonyl (C=O) groups excluding carboxylic acids is 2. The molecule has 3 aromatic rings. The van der Waals surface area contributed by atoms with E-state index < -0.39 is 11.7 Å². The van der Waals surface area contributed by atoms with E-state index in [1.165, 1.54) is 6.20 Å². The van der Waals surface area contributed by atoms with E-state index in [9.17, 15) is 9.59 Å². The van der Waals surface area contributed by atoms with Crippen LogP contribution in [0.15, 0.2) is 42.9 Å². The zero-order chi connectivity index (χ0) is 27.4. The van der Waals surface area contributed by atoms with Crippen molar-refractivity contribution in [2.45, 2.75) is 44.9 Å². The second-order valence-corrected chi connectivity index (χ2v) is 11.0. The number of nitrogens with two attached hydrogens (primary N) is 1. The Labute approximate surface area is 226 Å². The van der Waals surface area contributed by atoms with Gasteiger partial charge in [-0.3, -0.25) is 14.3 Å². The molecule has 2 aromatic heterocycles. The Morgan fingerprint density at radius 3 is 2.59 bits per heavy atom. The van der Waals surface area contributed by atoms with Gasteiger partial charge in [0.05, 0.1) is 43.5 Å². The predicted octanol–water partition coefficient (Wildman–Crippen LogP) is 3.86. The average molecular weight is 533 g/mol. The lowest BCUT2D eigenvalue weighted by Gasteiger charge is -2.44. The number of methoxy groups -OCH3 is 1. The van der Waals surface area contributed by atoms with Gasteiger partial charge in [0.15, 0.2) is 5.79 Å². The first-order valence-electron chi connectivity index (χ1n) is 13.1. The molecule has 2 saturated carbocycles. The number of nitrogens with one attached hydrogen (secondary N) is 2. The van der Waals surface area contributed by atoms with E-state index in [-0.39, 0.29) is 28.8 Å². The lowest BCUT2D eigenvalue weighted by molar-refractivity contribution is -0.242. The zero-order valence-corrected chi connectivity index (χ0v) is 22.2. The second-order valence-electron chi connectivity index (χ2n) is 11.0. The molecule has 0 radical (unpaired) electrons. The first-order chi connectivity index (χ1) is 18.7. The highest BCUT2D eigenvalue weighted by Gasteiger charge is 2.53. The van der Waals surface area contributed by atoms with Crippen molar-refractivity contribution in [3.63, 3.8) is 0 Å². The number of para-hydroxylation sites is 1. The standard InChI is InChI=1S/C28H32N6O5/c1-27(2)12-19(27)26(36)33-23-11-21(18(14-30-23)25(29)35)32-20-6-4-5-17(24(20)37-3)16-13-31-34(15-16)22-7-8-28(22)38-9-10-39-28/h4-6,11,13-15,19,22H,7-10,12H2,1-3H3,(H2,29,35)(H2,30,32,33,36)/t19?,22-/m0/s1. The Kier molecular flexibility index (Phi) is 6.07. The number of rotatable bonds is 8. The van der Waals surface area contributed by atoms with Gasteiger partial charge in [0, 0.05) is 41.9 Å². The number of ether oxygens (including phenoxy) is 3. The summed E-state index contributed by atoms with van der Waals surface area (Å²) in [5.74, 6) is -0.488. The highest BCUT2D eigenvalue weighted by Crippen LogP contribution is 2.52. The number of anilines is 3. The molecule has 204 valence electrons. The number of hydrogen-bond acceptors (Lipinski definition) is 8. The molecule has 2 aliphatic carbocycles. The third-order valence-electron chi connectivity index (χ3n) is 8.02. The summed E-state index contributed by atoms with van der Waals surface area (Å²) >= 11 is 0. The average Bonchev–Trinajstić information content (AvgIpc) is 3.28. The van der Waals surface area contributed by atoms with Crippen LogP contribution < -0.4 is 21.1 Å². The summed E-state index contributed by atoms with van der Waals surface area (Å²) in [4.78, 5) is 29.1. The van der Waals surface area contributed by atoms with E-state index in [0.29, 0.717) is 36.2 Å². The van der Waals surface area contributed by atoms with Crippen LogP contribution in [0, 0.1) is 11.3 Å². The van der Waals surface area contributed by atoms with E-state index in [2.05, 4.69) is 34.6 Å². The van der Waals surface area contributed by atoms with E-state index in [4.69, 9.17) is 19.9 Å². The molecule has 1 unspecified atom stereocenters. The highest BCUT2D eigenvalue weighted by molar-refractivity contribution is 6.01. The molecule has 6 rings (SSSR count). The van der Waals surface area contributed by atoms with Crippen molar-refractivity contribution in [1.29, 1.82) is 0 Å². The van der Waals surface area contributed by atoms with Crippen molar-refractivity contribution in [1.82, 2.24) is 14.8 Å². The van der Waals surface area contributed by atoms with Gasteiger partial charge in [-0.2, -0.15) is 5.10 Å². The molecule has 2 amide bonds. The van der Waals surface area contributed by atoms with Crippen LogP contribution in [0.2, 0.25) is 0 Å². The van der Waals surface area contributed by atoms with Crippen LogP contribution in [-0.2, 0) is 14.3 Å². The molecule has 2 atom stereocenters. The number of primary amides is 1. The molecule has 1 aliphatic heterocycles. The highest BCUT2D eigenvalue weighted by atomic mass is 16.7. The SMILES string of the molecule is COc1c(Nc2cc(NC(=O)C3CC3(C)C)ncc2C(N)=O)cccc1-c1cnn([C@H]2CCC23OCCO3)c1. The number of carbonyl (C=O) groups is 2. The van der Waals surface area contributed by atoms with E-state index in [0.717, 1.165) is 30.4 Å². The lowest BCUT2D eigenvalue weighted by Crippen LogP contribution is -2.49. The summed E-state index contributed by atoms with van der Waals surface area (Å²) in [5.41, 5.74) is 8.49. The van der Waals surface area contributed by atoms with E-state index in [1.807, 2.05) is 29.1 Å². The first-order valence-corrected chi connectivity index (χ1v) is 13.1. The van der Waals surface area contributed by atoms with Crippen LogP contribution in [0.5, 0.6) is 5.75 Å². The van der Waals surface area contributed by atoms with Gasteiger partial charge in [-0.05, 0) is 24.3 Å². The Bertz CT molecular complexity index is 1440. The molecule has 3 aliphatic rings. The largest absolute Gasteiger partial charge is 0.494 e. The van der Waals surface area contributed by atoms with Crippen LogP contribution >= 0.6 is 0 Å². The zero-order valence-electron chi connectivity index (χ0n) is 22.2. The summed E-state index contributed by atoms with van der Waals surface area (Å²) in [5, 5.41) is 10.7. The van der Waals surface area contributed by atoms with Gasteiger partial charge < -0.3 is 30.6 Å². The fourth-order valence-corrected chi connectivity index (χ4v) is 5.48. The number of hydrogen-bond donors (Lipinski definition) is 3. The van der Waals surface area contributed by atoms with Crippen molar-refractivity contribution in [2.75, 3.05) is 31.0 Å². The summed E-state index contributed by atoms with van der Waals surface area (Å²) < 4.78 is 19.5. The third kappa shape index (κ3) is 4.51. The van der Waals surface area contributed by atoms with Gasteiger partial charge in [0.1, 0.15) is 17.6 Å². The van der Waals surface area contributed by atoms with E-state index >= 15 is 0 Å². The molecule has 1 saturated heterocycles. The van der Waals surface area contributed by atoms with E-state index in [1.54, 1.807) is 19.4 Å². The fourth-order valence-electron chi connectivity index (χ4n) is 5.48. The van der Waals surface area contributed by atoms with Gasteiger partial charge in [0.25, 0.3) is 5.91 Å². The van der Waals surface area contributed by atoms with Crippen molar-refractivity contribution in [3.8, 4) is 16.9 Å². The van der Waals surface area contributed by atoms with Gasteiger partial charge in [0.2, 0.25) is 5.91 Å². The Hall–Kier alpha value is -3.96. The minimum Gasteiger partial charge on any atom is -0.494 e. The van der Waals surface area contributed by atoms with Crippen LogP contribution in [0.4, 0.5) is 17.2 Å². The molecular formula is C28H32N6O5. The Morgan fingerprint density at radius 1 is 1.18 bits per heavy atom. The molecule has 11 heteroatoms.